The van der Waals surface area contributed by atoms with Gasteiger partial charge in [0.2, 0.25) is 0 Å². The molecule has 48 valence electrons. The molecule has 0 saturated heterocycles. The highest BCUT2D eigenvalue weighted by Gasteiger charge is 2.25. The van der Waals surface area contributed by atoms with E-state index in [9.17, 15) is 0 Å². The Bertz CT molecular complexity index is 58.9. The van der Waals surface area contributed by atoms with Crippen LogP contribution in [-0.2, 0) is 0 Å². The molecule has 2 nitrogen and oxygen atoms in total. The highest BCUT2D eigenvalue weighted by Crippen LogP contribution is 2.28. The smallest absolute Gasteiger partial charge is 0.0215 e. The van der Waals surface area contributed by atoms with E-state index < -0.39 is 0 Å². The minimum absolute atomic E-state index is 0.625. The van der Waals surface area contributed by atoms with Gasteiger partial charge in [-0.15, -0.1) is 0 Å². The van der Waals surface area contributed by atoms with Crippen molar-refractivity contribution in [3.05, 3.63) is 0 Å². The number of hydrazine groups is 1. The van der Waals surface area contributed by atoms with Crippen LogP contribution in [0.5, 0.6) is 0 Å². The first-order valence-corrected chi connectivity index (χ1v) is 3.33. The summed E-state index contributed by atoms with van der Waals surface area (Å²) in [6.07, 6.45) is 3.89. The van der Waals surface area contributed by atoms with Crippen LogP contribution in [0.25, 0.3) is 0 Å². The van der Waals surface area contributed by atoms with Gasteiger partial charge in [0.1, 0.15) is 0 Å². The van der Waals surface area contributed by atoms with Crippen molar-refractivity contribution in [2.45, 2.75) is 32.2 Å². The fourth-order valence-electron chi connectivity index (χ4n) is 1.21. The molecule has 0 heterocycles. The lowest BCUT2D eigenvalue weighted by Gasteiger charge is -2.33. The van der Waals surface area contributed by atoms with Crippen molar-refractivity contribution in [2.24, 2.45) is 11.8 Å². The summed E-state index contributed by atoms with van der Waals surface area (Å²) in [5.41, 5.74) is 2.77. The van der Waals surface area contributed by atoms with E-state index in [2.05, 4.69) is 12.3 Å². The Morgan fingerprint density at radius 2 is 2.25 bits per heavy atom. The molecule has 0 aromatic rings. The molecule has 0 aromatic carbocycles. The predicted molar refractivity (Wildman–Crippen MR) is 34.1 cm³/mol. The average Bonchev–Trinajstić information content (AvgIpc) is 1.65. The van der Waals surface area contributed by atoms with Gasteiger partial charge in [-0.05, 0) is 18.8 Å². The van der Waals surface area contributed by atoms with Crippen molar-refractivity contribution in [3.63, 3.8) is 0 Å². The van der Waals surface area contributed by atoms with E-state index in [1.165, 1.54) is 19.3 Å². The van der Waals surface area contributed by atoms with Crippen LogP contribution in [0.2, 0.25) is 0 Å². The van der Waals surface area contributed by atoms with Crippen LogP contribution in [0, 0.1) is 5.92 Å². The maximum absolute atomic E-state index is 5.20. The quantitative estimate of drug-likeness (QED) is 0.408. The van der Waals surface area contributed by atoms with Gasteiger partial charge in [0, 0.05) is 6.04 Å². The van der Waals surface area contributed by atoms with Crippen molar-refractivity contribution in [2.75, 3.05) is 0 Å². The largest absolute Gasteiger partial charge is 0.271 e. The molecular formula is C6H14N2. The van der Waals surface area contributed by atoms with Crippen LogP contribution in [0.15, 0.2) is 0 Å². The van der Waals surface area contributed by atoms with Gasteiger partial charge >= 0.3 is 0 Å². The van der Waals surface area contributed by atoms with Gasteiger partial charge in [0.05, 0.1) is 0 Å². The molecule has 0 spiro atoms. The molecule has 1 aliphatic carbocycles. The lowest BCUT2D eigenvalue weighted by Crippen LogP contribution is -2.44. The minimum atomic E-state index is 0.625. The van der Waals surface area contributed by atoms with E-state index >= 15 is 0 Å². The number of nitrogens with one attached hydrogen (secondary N) is 1. The average molecular weight is 114 g/mol. The summed E-state index contributed by atoms with van der Waals surface area (Å²) in [6.45, 7) is 2.23. The van der Waals surface area contributed by atoms with Crippen molar-refractivity contribution in [3.8, 4) is 0 Å². The fraction of sp³-hybridized carbons (Fsp3) is 1.00. The highest BCUT2D eigenvalue weighted by molar-refractivity contribution is 4.81. The topological polar surface area (TPSA) is 38.0 Å². The van der Waals surface area contributed by atoms with Gasteiger partial charge < -0.3 is 0 Å². The summed E-state index contributed by atoms with van der Waals surface area (Å²) < 4.78 is 0. The number of hydrogen-bond donors (Lipinski definition) is 2. The monoisotopic (exact) mass is 114 g/mol. The molecular weight excluding hydrogens is 100 g/mol. The molecule has 3 N–H and O–H groups in total. The molecule has 1 aliphatic rings. The Morgan fingerprint density at radius 1 is 1.62 bits per heavy atom. The molecule has 1 fully saturated rings. The van der Waals surface area contributed by atoms with Crippen LogP contribution < -0.4 is 11.3 Å². The predicted octanol–water partition coefficient (Wildman–Crippen LogP) is 0.638. The second kappa shape index (κ2) is 2.46. The van der Waals surface area contributed by atoms with Crippen LogP contribution in [0.3, 0.4) is 0 Å². The molecule has 1 rings (SSSR count). The summed E-state index contributed by atoms with van der Waals surface area (Å²) in [5.74, 6) is 6.16. The molecule has 0 bridgehead atoms. The summed E-state index contributed by atoms with van der Waals surface area (Å²) in [4.78, 5) is 0. The van der Waals surface area contributed by atoms with Gasteiger partial charge in [-0.1, -0.05) is 13.3 Å². The molecule has 0 atom stereocenters. The normalized spacial score (nSPS) is 36.8. The second-order valence-corrected chi connectivity index (χ2v) is 2.61. The molecule has 8 heavy (non-hydrogen) atoms. The van der Waals surface area contributed by atoms with E-state index in [1.807, 2.05) is 0 Å². The molecule has 0 aliphatic heterocycles. The fourth-order valence-corrected chi connectivity index (χ4v) is 1.21. The van der Waals surface area contributed by atoms with Crippen molar-refractivity contribution in [1.82, 2.24) is 5.43 Å². The van der Waals surface area contributed by atoms with Gasteiger partial charge in [0.15, 0.2) is 0 Å². The van der Waals surface area contributed by atoms with Crippen LogP contribution in [0.4, 0.5) is 0 Å². The lowest BCUT2D eigenvalue weighted by atomic mass is 9.79. The van der Waals surface area contributed by atoms with Crippen molar-refractivity contribution < 1.29 is 0 Å². The first-order valence-electron chi connectivity index (χ1n) is 3.33. The summed E-state index contributed by atoms with van der Waals surface area (Å²) in [7, 11) is 0. The molecule has 0 radical (unpaired) electrons. The Morgan fingerprint density at radius 3 is 2.62 bits per heavy atom. The van der Waals surface area contributed by atoms with Gasteiger partial charge in [0.25, 0.3) is 0 Å². The molecule has 0 aromatic heterocycles. The Labute approximate surface area is 50.4 Å². The van der Waals surface area contributed by atoms with Gasteiger partial charge in [-0.2, -0.15) is 0 Å². The molecule has 1 saturated carbocycles. The summed E-state index contributed by atoms with van der Waals surface area (Å²) in [5, 5.41) is 0. The van der Waals surface area contributed by atoms with Gasteiger partial charge in [-0.25, -0.2) is 0 Å². The first kappa shape index (κ1) is 6.05. The summed E-state index contributed by atoms with van der Waals surface area (Å²) >= 11 is 0. The van der Waals surface area contributed by atoms with E-state index in [4.69, 9.17) is 5.84 Å². The standard InChI is InChI=1S/C6H14N2/c1-2-5-3-6(4-5)8-7/h5-6,8H,2-4,7H2,1H3. The lowest BCUT2D eigenvalue weighted by molar-refractivity contribution is 0.218. The minimum Gasteiger partial charge on any atom is -0.271 e. The van der Waals surface area contributed by atoms with Crippen LogP contribution in [-0.4, -0.2) is 6.04 Å². The van der Waals surface area contributed by atoms with E-state index in [-0.39, 0.29) is 0 Å². The van der Waals surface area contributed by atoms with E-state index in [0.717, 1.165) is 5.92 Å². The third kappa shape index (κ3) is 1.01. The zero-order chi connectivity index (χ0) is 5.98. The van der Waals surface area contributed by atoms with E-state index in [1.54, 1.807) is 0 Å². The van der Waals surface area contributed by atoms with Crippen molar-refractivity contribution >= 4 is 0 Å². The Hall–Kier alpha value is -0.0800. The zero-order valence-electron chi connectivity index (χ0n) is 5.35. The molecule has 0 amide bonds. The first-order chi connectivity index (χ1) is 3.86. The van der Waals surface area contributed by atoms with Crippen molar-refractivity contribution in [1.29, 1.82) is 0 Å². The van der Waals surface area contributed by atoms with E-state index in [0.29, 0.717) is 6.04 Å². The zero-order valence-corrected chi connectivity index (χ0v) is 5.35. The Kier molecular flexibility index (Phi) is 1.86. The highest BCUT2D eigenvalue weighted by atomic mass is 15.2. The number of hydrogen-bond acceptors (Lipinski definition) is 2. The summed E-state index contributed by atoms with van der Waals surface area (Å²) in [6, 6.07) is 0.625. The SMILES string of the molecule is CCC1CC(NN)C1. The van der Waals surface area contributed by atoms with Crippen LogP contribution >= 0.6 is 0 Å². The van der Waals surface area contributed by atoms with Crippen LogP contribution in [0.1, 0.15) is 26.2 Å². The van der Waals surface area contributed by atoms with Gasteiger partial charge in [-0.3, -0.25) is 11.3 Å². The molecule has 2 heteroatoms. The Balaban J connectivity index is 2.03. The molecule has 0 unspecified atom stereocenters. The number of nitrogens with two attached hydrogens (primary N) is 1. The third-order valence-electron chi connectivity index (χ3n) is 2.05. The maximum atomic E-state index is 5.20. The maximum Gasteiger partial charge on any atom is 0.0215 e. The second-order valence-electron chi connectivity index (χ2n) is 2.61. The number of rotatable bonds is 2. The third-order valence-corrected chi connectivity index (χ3v) is 2.05.